The molecule has 6 heteroatoms. The van der Waals surface area contributed by atoms with Gasteiger partial charge < -0.3 is 9.84 Å². The molecule has 1 N–H and O–H groups in total. The molecule has 0 aliphatic heterocycles. The molecule has 0 fully saturated rings. The minimum atomic E-state index is -0.214. The highest BCUT2D eigenvalue weighted by Gasteiger charge is 2.20. The van der Waals surface area contributed by atoms with Crippen molar-refractivity contribution in [1.82, 2.24) is 10.1 Å². The zero-order valence-corrected chi connectivity index (χ0v) is 15.3. The number of para-hydroxylation sites is 2. The molecule has 2 aromatic carbocycles. The number of hydrogen-bond acceptors (Lipinski definition) is 5. The van der Waals surface area contributed by atoms with Crippen molar-refractivity contribution in [3.05, 3.63) is 65.5 Å². The lowest BCUT2D eigenvalue weighted by Crippen LogP contribution is -2.15. The Morgan fingerprint density at radius 3 is 2.73 bits per heavy atom. The van der Waals surface area contributed by atoms with Crippen LogP contribution in [-0.2, 0) is 6.42 Å². The van der Waals surface area contributed by atoms with Crippen molar-refractivity contribution in [1.29, 1.82) is 0 Å². The van der Waals surface area contributed by atoms with E-state index in [1.165, 1.54) is 0 Å². The van der Waals surface area contributed by atoms with Crippen LogP contribution in [0.2, 0.25) is 0 Å². The van der Waals surface area contributed by atoms with Gasteiger partial charge in [-0.3, -0.25) is 4.79 Å². The lowest BCUT2D eigenvalue weighted by molar-refractivity contribution is 0.102. The zero-order chi connectivity index (χ0) is 18.1. The number of nitrogens with zero attached hydrogens (tertiary/aromatic N) is 2. The average molecular weight is 363 g/mol. The van der Waals surface area contributed by atoms with Crippen molar-refractivity contribution in [2.75, 3.05) is 5.32 Å². The van der Waals surface area contributed by atoms with Crippen LogP contribution < -0.4 is 5.32 Å². The largest absolute Gasteiger partial charge is 0.361 e. The lowest BCUT2D eigenvalue weighted by Gasteiger charge is -2.09. The number of amides is 1. The monoisotopic (exact) mass is 363 g/mol. The Morgan fingerprint density at radius 1 is 1.15 bits per heavy atom. The molecule has 26 heavy (non-hydrogen) atoms. The molecule has 0 unspecified atom stereocenters. The van der Waals surface area contributed by atoms with Crippen molar-refractivity contribution in [3.8, 4) is 10.6 Å². The fourth-order valence-electron chi connectivity index (χ4n) is 2.90. The van der Waals surface area contributed by atoms with Gasteiger partial charge in [-0.1, -0.05) is 36.3 Å². The topological polar surface area (TPSA) is 68.0 Å². The lowest BCUT2D eigenvalue weighted by atomic mass is 10.1. The maximum Gasteiger partial charge on any atom is 0.261 e. The van der Waals surface area contributed by atoms with E-state index in [2.05, 4.69) is 10.5 Å². The summed E-state index contributed by atoms with van der Waals surface area (Å²) in [6.45, 7) is 3.70. The minimum Gasteiger partial charge on any atom is -0.361 e. The molecule has 4 aromatic rings. The van der Waals surface area contributed by atoms with Crippen LogP contribution in [0.25, 0.3) is 20.8 Å². The van der Waals surface area contributed by atoms with Crippen molar-refractivity contribution in [2.45, 2.75) is 20.3 Å². The summed E-state index contributed by atoms with van der Waals surface area (Å²) in [7, 11) is 0. The summed E-state index contributed by atoms with van der Waals surface area (Å²) in [4.78, 5) is 17.5. The molecule has 0 saturated heterocycles. The van der Waals surface area contributed by atoms with Gasteiger partial charge in [0.05, 0.1) is 21.6 Å². The maximum absolute atomic E-state index is 12.8. The summed E-state index contributed by atoms with van der Waals surface area (Å²) in [6, 6.07) is 15.7. The summed E-state index contributed by atoms with van der Waals surface area (Å²) in [5, 5.41) is 7.83. The molecule has 5 nitrogen and oxygen atoms in total. The second-order valence-corrected chi connectivity index (χ2v) is 6.93. The first-order valence-electron chi connectivity index (χ1n) is 8.39. The number of aryl methyl sites for hydroxylation is 2. The standard InChI is InChI=1S/C20H17N3O2S/c1-3-14-18(12(2)25-23-14)19(24)21-15-9-5-4-8-13(15)20-22-16-10-6-7-11-17(16)26-20/h4-11H,3H2,1-2H3,(H,21,24). The summed E-state index contributed by atoms with van der Waals surface area (Å²) in [5.74, 6) is 0.311. The number of benzene rings is 2. The van der Waals surface area contributed by atoms with Crippen LogP contribution in [0, 0.1) is 6.92 Å². The second-order valence-electron chi connectivity index (χ2n) is 5.90. The number of carbonyl (C=O) groups is 1. The Balaban J connectivity index is 1.72. The normalized spacial score (nSPS) is 11.0. The highest BCUT2D eigenvalue weighted by atomic mass is 32.1. The molecule has 4 rings (SSSR count). The minimum absolute atomic E-state index is 0.214. The van der Waals surface area contributed by atoms with Crippen LogP contribution >= 0.6 is 11.3 Å². The quantitative estimate of drug-likeness (QED) is 0.549. The van der Waals surface area contributed by atoms with E-state index in [0.29, 0.717) is 23.4 Å². The number of carbonyl (C=O) groups excluding carboxylic acids is 1. The maximum atomic E-state index is 12.8. The molecule has 0 aliphatic carbocycles. The van der Waals surface area contributed by atoms with Crippen LogP contribution in [0.4, 0.5) is 5.69 Å². The molecule has 0 aliphatic rings. The SMILES string of the molecule is CCc1noc(C)c1C(=O)Nc1ccccc1-c1nc2ccccc2s1. The van der Waals surface area contributed by atoms with Crippen LogP contribution in [0.5, 0.6) is 0 Å². The third kappa shape index (κ3) is 2.88. The van der Waals surface area contributed by atoms with Crippen LogP contribution in [0.15, 0.2) is 53.1 Å². The number of rotatable bonds is 4. The summed E-state index contributed by atoms with van der Waals surface area (Å²) in [5.41, 5.74) is 3.74. The van der Waals surface area contributed by atoms with Gasteiger partial charge in [-0.25, -0.2) is 4.98 Å². The van der Waals surface area contributed by atoms with Gasteiger partial charge in [0, 0.05) is 5.56 Å². The zero-order valence-electron chi connectivity index (χ0n) is 14.4. The van der Waals surface area contributed by atoms with E-state index < -0.39 is 0 Å². The van der Waals surface area contributed by atoms with Crippen LogP contribution in [0.3, 0.4) is 0 Å². The average Bonchev–Trinajstić information content (AvgIpc) is 3.25. The van der Waals surface area contributed by atoms with Crippen molar-refractivity contribution >= 4 is 33.1 Å². The molecular weight excluding hydrogens is 346 g/mol. The first kappa shape index (κ1) is 16.5. The van der Waals surface area contributed by atoms with E-state index in [1.54, 1.807) is 18.3 Å². The fourth-order valence-corrected chi connectivity index (χ4v) is 3.91. The Kier molecular flexibility index (Phi) is 4.26. The number of anilines is 1. The van der Waals surface area contributed by atoms with Gasteiger partial charge in [0.15, 0.2) is 0 Å². The molecule has 0 atom stereocenters. The number of nitrogens with one attached hydrogen (secondary N) is 1. The van der Waals surface area contributed by atoms with E-state index in [4.69, 9.17) is 9.51 Å². The number of fused-ring (bicyclic) bond motifs is 1. The van der Waals surface area contributed by atoms with Crippen molar-refractivity contribution in [2.24, 2.45) is 0 Å². The van der Waals surface area contributed by atoms with Crippen LogP contribution in [-0.4, -0.2) is 16.0 Å². The first-order valence-corrected chi connectivity index (χ1v) is 9.20. The molecule has 0 saturated carbocycles. The number of aromatic nitrogens is 2. The second kappa shape index (κ2) is 6.72. The summed E-state index contributed by atoms with van der Waals surface area (Å²) >= 11 is 1.61. The van der Waals surface area contributed by atoms with Crippen molar-refractivity contribution in [3.63, 3.8) is 0 Å². The predicted octanol–water partition coefficient (Wildman–Crippen LogP) is 5.07. The van der Waals surface area contributed by atoms with Gasteiger partial charge in [0.1, 0.15) is 16.3 Å². The fraction of sp³-hybridized carbons (Fsp3) is 0.150. The van der Waals surface area contributed by atoms with Gasteiger partial charge in [-0.2, -0.15) is 0 Å². The predicted molar refractivity (Wildman–Crippen MR) is 104 cm³/mol. The van der Waals surface area contributed by atoms with Gasteiger partial charge >= 0.3 is 0 Å². The first-order chi connectivity index (χ1) is 12.7. The van der Waals surface area contributed by atoms with Crippen molar-refractivity contribution < 1.29 is 9.32 Å². The Hall–Kier alpha value is -2.99. The third-order valence-corrected chi connectivity index (χ3v) is 5.26. The third-order valence-electron chi connectivity index (χ3n) is 4.19. The Labute approximate surface area is 154 Å². The molecule has 130 valence electrons. The highest BCUT2D eigenvalue weighted by molar-refractivity contribution is 7.21. The Bertz CT molecular complexity index is 1060. The van der Waals surface area contributed by atoms with E-state index in [-0.39, 0.29) is 5.91 Å². The van der Waals surface area contributed by atoms with Gasteiger partial charge in [0.25, 0.3) is 5.91 Å². The smallest absolute Gasteiger partial charge is 0.261 e. The summed E-state index contributed by atoms with van der Waals surface area (Å²) in [6.07, 6.45) is 0.639. The van der Waals surface area contributed by atoms with E-state index in [0.717, 1.165) is 26.5 Å². The number of thiazole rings is 1. The van der Waals surface area contributed by atoms with E-state index in [9.17, 15) is 4.79 Å². The molecule has 0 spiro atoms. The molecule has 2 aromatic heterocycles. The summed E-state index contributed by atoms with van der Waals surface area (Å²) < 4.78 is 6.30. The van der Waals surface area contributed by atoms with Gasteiger partial charge in [-0.05, 0) is 37.6 Å². The molecular formula is C20H17N3O2S. The Morgan fingerprint density at radius 2 is 1.92 bits per heavy atom. The van der Waals surface area contributed by atoms with E-state index >= 15 is 0 Å². The number of hydrogen-bond donors (Lipinski definition) is 1. The molecule has 2 heterocycles. The highest BCUT2D eigenvalue weighted by Crippen LogP contribution is 2.34. The van der Waals surface area contributed by atoms with Crippen LogP contribution in [0.1, 0.15) is 28.7 Å². The molecule has 0 radical (unpaired) electrons. The molecule has 0 bridgehead atoms. The van der Waals surface area contributed by atoms with E-state index in [1.807, 2.05) is 55.5 Å². The van der Waals surface area contributed by atoms with Gasteiger partial charge in [-0.15, -0.1) is 11.3 Å². The van der Waals surface area contributed by atoms with Gasteiger partial charge in [0.2, 0.25) is 0 Å². The molecule has 1 amide bonds.